The number of carbonyl (C=O) groups is 2. The van der Waals surface area contributed by atoms with Crippen molar-refractivity contribution in [1.82, 2.24) is 0 Å². The molecule has 0 spiro atoms. The van der Waals surface area contributed by atoms with Crippen LogP contribution in [0.4, 0.5) is 5.69 Å². The summed E-state index contributed by atoms with van der Waals surface area (Å²) < 4.78 is 0.825. The fraction of sp³-hybridized carbons (Fsp3) is 0.176. The summed E-state index contributed by atoms with van der Waals surface area (Å²) in [5.74, 6) is -0.00613. The van der Waals surface area contributed by atoms with E-state index in [1.807, 2.05) is 42.5 Å². The first kappa shape index (κ1) is 14.0. The fourth-order valence-corrected chi connectivity index (χ4v) is 3.15. The molecule has 0 radical (unpaired) electrons. The van der Waals surface area contributed by atoms with Crippen LogP contribution in [0.5, 0.6) is 0 Å². The summed E-state index contributed by atoms with van der Waals surface area (Å²) in [4.78, 5) is 26.5. The maximum absolute atomic E-state index is 12.7. The van der Waals surface area contributed by atoms with Gasteiger partial charge in [-0.25, -0.2) is 0 Å². The Morgan fingerprint density at radius 1 is 1.05 bits per heavy atom. The molecule has 3 nitrogen and oxygen atoms in total. The second kappa shape index (κ2) is 5.82. The van der Waals surface area contributed by atoms with E-state index in [0.29, 0.717) is 18.4 Å². The first-order chi connectivity index (χ1) is 10.2. The van der Waals surface area contributed by atoms with E-state index in [4.69, 9.17) is 0 Å². The molecule has 0 N–H and O–H groups in total. The highest BCUT2D eigenvalue weighted by molar-refractivity contribution is 9.10. The number of benzene rings is 2. The van der Waals surface area contributed by atoms with Gasteiger partial charge < -0.3 is 4.90 Å². The summed E-state index contributed by atoms with van der Waals surface area (Å²) >= 11 is 3.46. The van der Waals surface area contributed by atoms with E-state index in [9.17, 15) is 9.59 Å². The number of anilines is 1. The number of hydrogen-bond donors (Lipinski definition) is 0. The average molecular weight is 344 g/mol. The van der Waals surface area contributed by atoms with E-state index in [-0.39, 0.29) is 11.7 Å². The van der Waals surface area contributed by atoms with Gasteiger partial charge >= 0.3 is 0 Å². The summed E-state index contributed by atoms with van der Waals surface area (Å²) in [6.45, 7) is 0. The van der Waals surface area contributed by atoms with Gasteiger partial charge in [0.15, 0.2) is 5.78 Å². The normalized spacial score (nSPS) is 18.0. The molecule has 1 aliphatic heterocycles. The smallest absolute Gasteiger partial charge is 0.227 e. The number of carbonyl (C=O) groups excluding carboxylic acids is 2. The van der Waals surface area contributed by atoms with Crippen molar-refractivity contribution in [3.05, 3.63) is 64.6 Å². The number of hydrogen-bond acceptors (Lipinski definition) is 2. The third kappa shape index (κ3) is 2.63. The Hall–Kier alpha value is -1.94. The molecule has 21 heavy (non-hydrogen) atoms. The van der Waals surface area contributed by atoms with E-state index in [1.165, 1.54) is 0 Å². The van der Waals surface area contributed by atoms with E-state index in [1.54, 1.807) is 17.0 Å². The molecule has 1 saturated heterocycles. The Balaban J connectivity index is 1.97. The first-order valence-electron chi connectivity index (χ1n) is 6.84. The van der Waals surface area contributed by atoms with Crippen LogP contribution in [-0.2, 0) is 4.79 Å². The van der Waals surface area contributed by atoms with Gasteiger partial charge in [-0.3, -0.25) is 9.59 Å². The van der Waals surface area contributed by atoms with Gasteiger partial charge in [0.25, 0.3) is 0 Å². The summed E-state index contributed by atoms with van der Waals surface area (Å²) in [7, 11) is 0. The van der Waals surface area contributed by atoms with Crippen molar-refractivity contribution in [2.75, 3.05) is 4.90 Å². The monoisotopic (exact) mass is 343 g/mol. The minimum Gasteiger partial charge on any atom is -0.300 e. The molecule has 1 heterocycles. The molecule has 1 amide bonds. The summed E-state index contributed by atoms with van der Waals surface area (Å²) in [6, 6.07) is 16.2. The molecule has 4 heteroatoms. The molecule has 1 fully saturated rings. The fourth-order valence-electron chi connectivity index (χ4n) is 2.68. The molecule has 0 saturated carbocycles. The van der Waals surface area contributed by atoms with Gasteiger partial charge in [-0.2, -0.15) is 0 Å². The van der Waals surface area contributed by atoms with Crippen LogP contribution in [0.1, 0.15) is 23.2 Å². The standard InChI is InChI=1S/C17H14BrNO2/c18-13-8-4-5-9-14(13)19-15(10-11-16(19)20)17(21)12-6-2-1-3-7-12/h1-9,15H,10-11H2. The van der Waals surface area contributed by atoms with Crippen LogP contribution in [0.2, 0.25) is 0 Å². The van der Waals surface area contributed by atoms with E-state index in [2.05, 4.69) is 15.9 Å². The lowest BCUT2D eigenvalue weighted by Gasteiger charge is -2.25. The molecule has 3 rings (SSSR count). The molecule has 1 unspecified atom stereocenters. The van der Waals surface area contributed by atoms with E-state index >= 15 is 0 Å². The minimum absolute atomic E-state index is 0.00259. The molecule has 2 aromatic rings. The van der Waals surface area contributed by atoms with Crippen LogP contribution in [0, 0.1) is 0 Å². The van der Waals surface area contributed by atoms with Crippen LogP contribution in [0.3, 0.4) is 0 Å². The van der Waals surface area contributed by atoms with Gasteiger partial charge in [0.1, 0.15) is 6.04 Å². The SMILES string of the molecule is O=C(c1ccccc1)C1CCC(=O)N1c1ccccc1Br. The Kier molecular flexibility index (Phi) is 3.88. The Morgan fingerprint density at radius 3 is 2.43 bits per heavy atom. The number of nitrogens with zero attached hydrogens (tertiary/aromatic N) is 1. The lowest BCUT2D eigenvalue weighted by atomic mass is 10.0. The summed E-state index contributed by atoms with van der Waals surface area (Å²) in [5, 5.41) is 0. The molecule has 1 aliphatic rings. The largest absolute Gasteiger partial charge is 0.300 e. The highest BCUT2D eigenvalue weighted by atomic mass is 79.9. The van der Waals surface area contributed by atoms with Crippen LogP contribution >= 0.6 is 15.9 Å². The zero-order valence-electron chi connectivity index (χ0n) is 11.3. The third-order valence-electron chi connectivity index (χ3n) is 3.68. The van der Waals surface area contributed by atoms with E-state index < -0.39 is 6.04 Å². The predicted molar refractivity (Wildman–Crippen MR) is 85.4 cm³/mol. The maximum Gasteiger partial charge on any atom is 0.227 e. The molecule has 0 aliphatic carbocycles. The van der Waals surface area contributed by atoms with Crippen LogP contribution < -0.4 is 4.90 Å². The minimum atomic E-state index is -0.418. The second-order valence-electron chi connectivity index (χ2n) is 5.00. The Labute approximate surface area is 131 Å². The number of halogens is 1. The van der Waals surface area contributed by atoms with Gasteiger partial charge in [-0.1, -0.05) is 42.5 Å². The number of amides is 1. The van der Waals surface area contributed by atoms with Crippen molar-refractivity contribution in [3.63, 3.8) is 0 Å². The molecule has 0 aromatic heterocycles. The molecule has 2 aromatic carbocycles. The lowest BCUT2D eigenvalue weighted by Crippen LogP contribution is -2.39. The predicted octanol–water partition coefficient (Wildman–Crippen LogP) is 3.83. The first-order valence-corrected chi connectivity index (χ1v) is 7.63. The molecule has 1 atom stereocenters. The van der Waals surface area contributed by atoms with Crippen molar-refractivity contribution in [2.45, 2.75) is 18.9 Å². The van der Waals surface area contributed by atoms with Gasteiger partial charge in [0.05, 0.1) is 5.69 Å². The number of ketones is 1. The van der Waals surface area contributed by atoms with E-state index in [0.717, 1.165) is 10.2 Å². The zero-order valence-corrected chi connectivity index (χ0v) is 12.9. The maximum atomic E-state index is 12.7. The number of rotatable bonds is 3. The second-order valence-corrected chi connectivity index (χ2v) is 5.85. The van der Waals surface area contributed by atoms with Crippen molar-refractivity contribution < 1.29 is 9.59 Å². The molecular weight excluding hydrogens is 330 g/mol. The Bertz CT molecular complexity index is 684. The van der Waals surface area contributed by atoms with Crippen LogP contribution in [0.15, 0.2) is 59.1 Å². The number of Topliss-reactive ketones (excluding diaryl/α,β-unsaturated/α-hetero) is 1. The van der Waals surface area contributed by atoms with Crippen LogP contribution in [-0.4, -0.2) is 17.7 Å². The average Bonchev–Trinajstić information content (AvgIpc) is 2.89. The van der Waals surface area contributed by atoms with Crippen molar-refractivity contribution in [2.24, 2.45) is 0 Å². The Morgan fingerprint density at radius 2 is 1.71 bits per heavy atom. The quantitative estimate of drug-likeness (QED) is 0.794. The zero-order chi connectivity index (χ0) is 14.8. The van der Waals surface area contributed by atoms with Gasteiger partial charge in [-0.05, 0) is 34.5 Å². The molecular formula is C17H14BrNO2. The van der Waals surface area contributed by atoms with Crippen LogP contribution in [0.25, 0.3) is 0 Å². The van der Waals surface area contributed by atoms with Crippen molar-refractivity contribution in [1.29, 1.82) is 0 Å². The summed E-state index contributed by atoms with van der Waals surface area (Å²) in [6.07, 6.45) is 0.971. The molecule has 0 bridgehead atoms. The highest BCUT2D eigenvalue weighted by Gasteiger charge is 2.37. The van der Waals surface area contributed by atoms with Crippen molar-refractivity contribution in [3.8, 4) is 0 Å². The van der Waals surface area contributed by atoms with Gasteiger partial charge in [0, 0.05) is 16.5 Å². The molecule has 106 valence electrons. The van der Waals surface area contributed by atoms with Gasteiger partial charge in [-0.15, -0.1) is 0 Å². The lowest BCUT2D eigenvalue weighted by molar-refractivity contribution is -0.117. The summed E-state index contributed by atoms with van der Waals surface area (Å²) in [5.41, 5.74) is 1.41. The van der Waals surface area contributed by atoms with Gasteiger partial charge in [0.2, 0.25) is 5.91 Å². The van der Waals surface area contributed by atoms with Crippen molar-refractivity contribution >= 4 is 33.3 Å². The third-order valence-corrected chi connectivity index (χ3v) is 4.36. The topological polar surface area (TPSA) is 37.4 Å². The highest BCUT2D eigenvalue weighted by Crippen LogP contribution is 2.33. The number of para-hydroxylation sites is 1.